The molecule has 1 saturated heterocycles. The lowest BCUT2D eigenvalue weighted by Gasteiger charge is -2.33. The molecule has 3 N–H and O–H groups in total. The first-order valence-electron chi connectivity index (χ1n) is 9.69. The average Bonchev–Trinajstić information content (AvgIpc) is 3.42. The second-order valence-corrected chi connectivity index (χ2v) is 9.04. The predicted octanol–water partition coefficient (Wildman–Crippen LogP) is 2.73. The summed E-state index contributed by atoms with van der Waals surface area (Å²) in [5.41, 5.74) is 7.38. The van der Waals surface area contributed by atoms with E-state index < -0.39 is 5.91 Å². The molecular weight excluding hydrogens is 418 g/mol. The minimum absolute atomic E-state index is 0.0595. The molecule has 2 aromatic heterocycles. The molecule has 0 aliphatic carbocycles. The molecule has 0 bridgehead atoms. The van der Waals surface area contributed by atoms with E-state index in [2.05, 4.69) is 31.9 Å². The second-order valence-electron chi connectivity index (χ2n) is 7.15. The average molecular weight is 442 g/mol. The fourth-order valence-electron chi connectivity index (χ4n) is 3.34. The van der Waals surface area contributed by atoms with Crippen molar-refractivity contribution >= 4 is 40.2 Å². The third-order valence-electron chi connectivity index (χ3n) is 4.97. The lowest BCUT2D eigenvalue weighted by atomic mass is 10.2. The molecule has 0 unspecified atom stereocenters. The van der Waals surface area contributed by atoms with Crippen LogP contribution in [0.4, 0.5) is 5.69 Å². The standard InChI is InChI=1S/C21H23N5O2S2/c22-21(28)15-3-5-16(6-4-15)23-19(27)12-25-7-9-26(10-8-25)13-20-24-17(14-30-20)18-2-1-11-29-18/h1-6,11,14H,7-10,12-13H2,(H2,22,28)(H,23,27). The Morgan fingerprint density at radius 2 is 1.77 bits per heavy atom. The molecule has 3 heterocycles. The molecular formula is C21H23N5O2S2. The van der Waals surface area contributed by atoms with Crippen molar-refractivity contribution in [1.82, 2.24) is 14.8 Å². The zero-order valence-electron chi connectivity index (χ0n) is 16.4. The fraction of sp³-hybridized carbons (Fsp3) is 0.286. The van der Waals surface area contributed by atoms with Crippen molar-refractivity contribution in [3.05, 3.63) is 57.7 Å². The van der Waals surface area contributed by atoms with Crippen molar-refractivity contribution in [1.29, 1.82) is 0 Å². The van der Waals surface area contributed by atoms with Crippen LogP contribution in [0.3, 0.4) is 0 Å². The number of piperazine rings is 1. The SMILES string of the molecule is NC(=O)c1ccc(NC(=O)CN2CCN(Cc3nc(-c4cccs4)cs3)CC2)cc1. The van der Waals surface area contributed by atoms with Crippen LogP contribution >= 0.6 is 22.7 Å². The van der Waals surface area contributed by atoms with Gasteiger partial charge in [-0.25, -0.2) is 4.98 Å². The summed E-state index contributed by atoms with van der Waals surface area (Å²) in [7, 11) is 0. The van der Waals surface area contributed by atoms with E-state index in [4.69, 9.17) is 10.7 Å². The van der Waals surface area contributed by atoms with Gasteiger partial charge >= 0.3 is 0 Å². The van der Waals surface area contributed by atoms with E-state index in [1.165, 1.54) is 4.88 Å². The smallest absolute Gasteiger partial charge is 0.248 e. The summed E-state index contributed by atoms with van der Waals surface area (Å²) in [4.78, 5) is 33.9. The number of thiophene rings is 1. The number of nitrogens with one attached hydrogen (secondary N) is 1. The number of amides is 2. The number of nitrogens with zero attached hydrogens (tertiary/aromatic N) is 3. The van der Waals surface area contributed by atoms with Crippen LogP contribution < -0.4 is 11.1 Å². The van der Waals surface area contributed by atoms with E-state index in [9.17, 15) is 9.59 Å². The Hall–Kier alpha value is -2.59. The zero-order chi connectivity index (χ0) is 20.9. The highest BCUT2D eigenvalue weighted by atomic mass is 32.1. The van der Waals surface area contributed by atoms with Crippen LogP contribution in [-0.4, -0.2) is 59.3 Å². The Morgan fingerprint density at radius 3 is 2.43 bits per heavy atom. The number of thiazole rings is 1. The van der Waals surface area contributed by atoms with Gasteiger partial charge in [0.05, 0.1) is 23.7 Å². The summed E-state index contributed by atoms with van der Waals surface area (Å²) in [6.45, 7) is 4.71. The minimum Gasteiger partial charge on any atom is -0.366 e. The highest BCUT2D eigenvalue weighted by Gasteiger charge is 2.20. The molecule has 0 atom stereocenters. The molecule has 2 amide bonds. The maximum absolute atomic E-state index is 12.3. The molecule has 1 fully saturated rings. The molecule has 0 saturated carbocycles. The van der Waals surface area contributed by atoms with Crippen LogP contribution in [0.25, 0.3) is 10.6 Å². The highest BCUT2D eigenvalue weighted by Crippen LogP contribution is 2.26. The van der Waals surface area contributed by atoms with Gasteiger partial charge in [-0.05, 0) is 35.7 Å². The van der Waals surface area contributed by atoms with Crippen molar-refractivity contribution in [2.75, 3.05) is 38.0 Å². The van der Waals surface area contributed by atoms with E-state index >= 15 is 0 Å². The van der Waals surface area contributed by atoms with Crippen LogP contribution in [0.15, 0.2) is 47.2 Å². The number of rotatable bonds is 7. The number of nitrogens with two attached hydrogens (primary N) is 1. The van der Waals surface area contributed by atoms with Gasteiger partial charge in [0.2, 0.25) is 11.8 Å². The summed E-state index contributed by atoms with van der Waals surface area (Å²) in [5.74, 6) is -0.540. The van der Waals surface area contributed by atoms with E-state index in [1.54, 1.807) is 46.9 Å². The lowest BCUT2D eigenvalue weighted by Crippen LogP contribution is -2.48. The number of hydrogen-bond acceptors (Lipinski definition) is 7. The van der Waals surface area contributed by atoms with Gasteiger partial charge < -0.3 is 11.1 Å². The van der Waals surface area contributed by atoms with Crippen molar-refractivity contribution in [2.24, 2.45) is 5.73 Å². The summed E-state index contributed by atoms with van der Waals surface area (Å²) in [6.07, 6.45) is 0. The number of anilines is 1. The molecule has 1 aromatic carbocycles. The molecule has 7 nitrogen and oxygen atoms in total. The Kier molecular flexibility index (Phi) is 6.53. The molecule has 4 rings (SSSR count). The Morgan fingerprint density at radius 1 is 1.03 bits per heavy atom. The van der Waals surface area contributed by atoms with Gasteiger partial charge in [0.15, 0.2) is 0 Å². The van der Waals surface area contributed by atoms with Crippen LogP contribution in [0, 0.1) is 0 Å². The van der Waals surface area contributed by atoms with Gasteiger partial charge in [0.1, 0.15) is 5.01 Å². The fourth-order valence-corrected chi connectivity index (χ4v) is 4.94. The first-order chi connectivity index (χ1) is 14.6. The maximum Gasteiger partial charge on any atom is 0.248 e. The molecule has 9 heteroatoms. The number of benzene rings is 1. The van der Waals surface area contributed by atoms with Crippen LogP contribution in [0.2, 0.25) is 0 Å². The molecule has 156 valence electrons. The molecule has 0 spiro atoms. The second kappa shape index (κ2) is 9.48. The largest absolute Gasteiger partial charge is 0.366 e. The summed E-state index contributed by atoms with van der Waals surface area (Å²) < 4.78 is 0. The van der Waals surface area contributed by atoms with Gasteiger partial charge in [-0.1, -0.05) is 6.07 Å². The summed E-state index contributed by atoms with van der Waals surface area (Å²) in [6, 6.07) is 10.7. The molecule has 30 heavy (non-hydrogen) atoms. The highest BCUT2D eigenvalue weighted by molar-refractivity contribution is 7.14. The van der Waals surface area contributed by atoms with E-state index in [1.807, 2.05) is 6.07 Å². The van der Waals surface area contributed by atoms with Gasteiger partial charge in [0, 0.05) is 42.8 Å². The third kappa shape index (κ3) is 5.31. The predicted molar refractivity (Wildman–Crippen MR) is 121 cm³/mol. The minimum atomic E-state index is -0.480. The van der Waals surface area contributed by atoms with Crippen LogP contribution in [0.5, 0.6) is 0 Å². The topological polar surface area (TPSA) is 91.6 Å². The monoisotopic (exact) mass is 441 g/mol. The van der Waals surface area contributed by atoms with Crippen molar-refractivity contribution < 1.29 is 9.59 Å². The molecule has 1 aliphatic rings. The normalized spacial score (nSPS) is 15.2. The number of carbonyl (C=O) groups is 2. The lowest BCUT2D eigenvalue weighted by molar-refractivity contribution is -0.117. The Labute approximate surface area is 183 Å². The molecule has 3 aromatic rings. The van der Waals surface area contributed by atoms with E-state index in [0.29, 0.717) is 17.8 Å². The maximum atomic E-state index is 12.3. The van der Waals surface area contributed by atoms with Gasteiger partial charge in [0.25, 0.3) is 0 Å². The van der Waals surface area contributed by atoms with Gasteiger partial charge in [-0.3, -0.25) is 19.4 Å². The van der Waals surface area contributed by atoms with Gasteiger partial charge in [-0.2, -0.15) is 0 Å². The molecule has 0 radical (unpaired) electrons. The quantitative estimate of drug-likeness (QED) is 0.588. The van der Waals surface area contributed by atoms with Crippen molar-refractivity contribution in [3.8, 4) is 10.6 Å². The molecule has 1 aliphatic heterocycles. The van der Waals surface area contributed by atoms with Crippen LogP contribution in [0.1, 0.15) is 15.4 Å². The number of primary amides is 1. The zero-order valence-corrected chi connectivity index (χ0v) is 18.0. The summed E-state index contributed by atoms with van der Waals surface area (Å²) >= 11 is 3.41. The van der Waals surface area contributed by atoms with Crippen LogP contribution in [-0.2, 0) is 11.3 Å². The first kappa shape index (κ1) is 20.7. The summed E-state index contributed by atoms with van der Waals surface area (Å²) in [5, 5.41) is 8.19. The number of aromatic nitrogens is 1. The van der Waals surface area contributed by atoms with E-state index in [-0.39, 0.29) is 5.91 Å². The third-order valence-corrected chi connectivity index (χ3v) is 6.70. The van der Waals surface area contributed by atoms with Crippen molar-refractivity contribution in [3.63, 3.8) is 0 Å². The number of carbonyl (C=O) groups excluding carboxylic acids is 2. The van der Waals surface area contributed by atoms with E-state index in [0.717, 1.165) is 43.4 Å². The van der Waals surface area contributed by atoms with Crippen molar-refractivity contribution in [2.45, 2.75) is 6.54 Å². The Bertz CT molecular complexity index is 993. The Balaban J connectivity index is 1.21. The first-order valence-corrected chi connectivity index (χ1v) is 11.5. The number of hydrogen-bond donors (Lipinski definition) is 2. The van der Waals surface area contributed by atoms with Gasteiger partial charge in [-0.15, -0.1) is 22.7 Å².